The van der Waals surface area contributed by atoms with Crippen molar-refractivity contribution in [3.8, 4) is 0 Å². The molecule has 0 saturated heterocycles. The molecule has 0 radical (unpaired) electrons. The third kappa shape index (κ3) is 2.43. The van der Waals surface area contributed by atoms with Crippen LogP contribution in [0.1, 0.15) is 12.5 Å². The first-order valence-corrected chi connectivity index (χ1v) is 3.95. The summed E-state index contributed by atoms with van der Waals surface area (Å²) in [5.74, 6) is -7.20. The van der Waals surface area contributed by atoms with Crippen LogP contribution in [0.2, 0.25) is 0 Å². The van der Waals surface area contributed by atoms with Gasteiger partial charge in [0.2, 0.25) is 0 Å². The Morgan fingerprint density at radius 2 is 1.73 bits per heavy atom. The number of benzene rings is 1. The number of hydrogen-bond donors (Lipinski definition) is 0. The van der Waals surface area contributed by atoms with Gasteiger partial charge in [-0.2, -0.15) is 0 Å². The van der Waals surface area contributed by atoms with Crippen LogP contribution in [0.4, 0.5) is 17.6 Å². The molecule has 1 rings (SSSR count). The highest BCUT2D eigenvalue weighted by molar-refractivity contribution is 5.91. The predicted molar refractivity (Wildman–Crippen MR) is 46.0 cm³/mol. The van der Waals surface area contributed by atoms with Gasteiger partial charge in [-0.1, -0.05) is 0 Å². The molecule has 1 aromatic rings. The van der Waals surface area contributed by atoms with E-state index in [1.807, 2.05) is 0 Å². The summed E-state index contributed by atoms with van der Waals surface area (Å²) in [6.07, 6.45) is 1.80. The van der Waals surface area contributed by atoms with Crippen molar-refractivity contribution in [2.24, 2.45) is 0 Å². The van der Waals surface area contributed by atoms with Crippen molar-refractivity contribution in [1.29, 1.82) is 0 Å². The number of allylic oxidation sites excluding steroid dienone is 1. The fourth-order valence-corrected chi connectivity index (χ4v) is 0.920. The van der Waals surface area contributed by atoms with Gasteiger partial charge in [-0.15, -0.1) is 0 Å². The van der Waals surface area contributed by atoms with Crippen LogP contribution in [-0.2, 0) is 4.79 Å². The van der Waals surface area contributed by atoms with E-state index in [4.69, 9.17) is 0 Å². The number of rotatable bonds is 2. The standard InChI is InChI=1S/C10H6F4O/c1-5(15)2-3-6-4-7(11)9(13)10(14)8(6)12/h2-4H,1H3/b3-2+. The first kappa shape index (κ1) is 11.4. The first-order chi connectivity index (χ1) is 6.93. The lowest BCUT2D eigenvalue weighted by molar-refractivity contribution is -0.112. The molecule has 0 N–H and O–H groups in total. The monoisotopic (exact) mass is 218 g/mol. The van der Waals surface area contributed by atoms with E-state index in [0.29, 0.717) is 6.07 Å². The Labute approximate surface area is 83.0 Å². The highest BCUT2D eigenvalue weighted by Crippen LogP contribution is 2.19. The third-order valence-corrected chi connectivity index (χ3v) is 1.63. The molecule has 0 heterocycles. The molecule has 0 saturated carbocycles. The molecule has 0 aliphatic rings. The second-order valence-electron chi connectivity index (χ2n) is 2.83. The fraction of sp³-hybridized carbons (Fsp3) is 0.100. The minimum Gasteiger partial charge on any atom is -0.295 e. The minimum absolute atomic E-state index is 0.417. The molecule has 0 aliphatic carbocycles. The summed E-state index contributed by atoms with van der Waals surface area (Å²) in [6, 6.07) is 0.479. The van der Waals surface area contributed by atoms with Crippen LogP contribution in [-0.4, -0.2) is 5.78 Å². The zero-order valence-corrected chi connectivity index (χ0v) is 7.65. The molecule has 80 valence electrons. The van der Waals surface area contributed by atoms with Gasteiger partial charge in [-0.3, -0.25) is 4.79 Å². The number of halogens is 4. The summed E-state index contributed by atoms with van der Waals surface area (Å²) in [7, 11) is 0. The van der Waals surface area contributed by atoms with Crippen LogP contribution in [0.3, 0.4) is 0 Å². The smallest absolute Gasteiger partial charge is 0.198 e. The maximum atomic E-state index is 12.9. The molecule has 0 spiro atoms. The molecule has 0 bridgehead atoms. The van der Waals surface area contributed by atoms with Gasteiger partial charge in [0.25, 0.3) is 0 Å². The molecule has 0 unspecified atom stereocenters. The Balaban J connectivity index is 3.26. The van der Waals surface area contributed by atoms with Crippen LogP contribution in [0.15, 0.2) is 12.1 Å². The molecule has 0 aromatic heterocycles. The van der Waals surface area contributed by atoms with E-state index in [1.165, 1.54) is 6.92 Å². The summed E-state index contributed by atoms with van der Waals surface area (Å²) in [4.78, 5) is 10.5. The average molecular weight is 218 g/mol. The Kier molecular flexibility index (Phi) is 3.24. The maximum Gasteiger partial charge on any atom is 0.198 e. The predicted octanol–water partition coefficient (Wildman–Crippen LogP) is 2.85. The van der Waals surface area contributed by atoms with Crippen LogP contribution in [0.25, 0.3) is 6.08 Å². The van der Waals surface area contributed by atoms with Gasteiger partial charge >= 0.3 is 0 Å². The van der Waals surface area contributed by atoms with E-state index in [2.05, 4.69) is 0 Å². The van der Waals surface area contributed by atoms with Gasteiger partial charge in [0.1, 0.15) is 0 Å². The van der Waals surface area contributed by atoms with Gasteiger partial charge in [0, 0.05) is 5.56 Å². The Morgan fingerprint density at radius 3 is 2.27 bits per heavy atom. The molecular formula is C10H6F4O. The van der Waals surface area contributed by atoms with Crippen LogP contribution in [0, 0.1) is 23.3 Å². The van der Waals surface area contributed by atoms with E-state index in [9.17, 15) is 22.4 Å². The second-order valence-corrected chi connectivity index (χ2v) is 2.83. The lowest BCUT2D eigenvalue weighted by atomic mass is 10.1. The zero-order valence-electron chi connectivity index (χ0n) is 7.65. The van der Waals surface area contributed by atoms with E-state index in [1.54, 1.807) is 0 Å². The largest absolute Gasteiger partial charge is 0.295 e. The van der Waals surface area contributed by atoms with E-state index < -0.39 is 34.6 Å². The summed E-state index contributed by atoms with van der Waals surface area (Å²) < 4.78 is 50.7. The lowest BCUT2D eigenvalue weighted by Gasteiger charge is -2.00. The number of hydrogen-bond acceptors (Lipinski definition) is 1. The van der Waals surface area contributed by atoms with Crippen molar-refractivity contribution in [3.05, 3.63) is 41.0 Å². The summed E-state index contributed by atoms with van der Waals surface area (Å²) in [5.41, 5.74) is -0.512. The van der Waals surface area contributed by atoms with Gasteiger partial charge in [-0.25, -0.2) is 17.6 Å². The maximum absolute atomic E-state index is 12.9. The van der Waals surface area contributed by atoms with Crippen molar-refractivity contribution < 1.29 is 22.4 Å². The Morgan fingerprint density at radius 1 is 1.13 bits per heavy atom. The zero-order chi connectivity index (χ0) is 11.6. The molecule has 0 fully saturated rings. The number of carbonyl (C=O) groups excluding carboxylic acids is 1. The summed E-state index contributed by atoms with van der Waals surface area (Å²) in [6.45, 7) is 1.19. The SMILES string of the molecule is CC(=O)/C=C/c1cc(F)c(F)c(F)c1F. The number of carbonyl (C=O) groups is 1. The molecular weight excluding hydrogens is 212 g/mol. The Hall–Kier alpha value is -1.65. The van der Waals surface area contributed by atoms with Crippen molar-refractivity contribution in [2.45, 2.75) is 6.92 Å². The van der Waals surface area contributed by atoms with Crippen molar-refractivity contribution in [1.82, 2.24) is 0 Å². The van der Waals surface area contributed by atoms with Crippen molar-refractivity contribution >= 4 is 11.9 Å². The Bertz CT molecular complexity index is 438. The normalized spacial score (nSPS) is 11.0. The highest BCUT2D eigenvalue weighted by atomic mass is 19.2. The quantitative estimate of drug-likeness (QED) is 0.323. The summed E-state index contributed by atoms with van der Waals surface area (Å²) >= 11 is 0. The van der Waals surface area contributed by atoms with E-state index >= 15 is 0 Å². The summed E-state index contributed by atoms with van der Waals surface area (Å²) in [5, 5.41) is 0. The van der Waals surface area contributed by atoms with Gasteiger partial charge < -0.3 is 0 Å². The second kappa shape index (κ2) is 4.25. The van der Waals surface area contributed by atoms with Crippen LogP contribution >= 0.6 is 0 Å². The molecule has 0 atom stereocenters. The minimum atomic E-state index is -1.89. The van der Waals surface area contributed by atoms with Gasteiger partial charge in [0.05, 0.1) is 0 Å². The van der Waals surface area contributed by atoms with Gasteiger partial charge in [-0.05, 0) is 25.1 Å². The van der Waals surface area contributed by atoms with E-state index in [0.717, 1.165) is 12.2 Å². The third-order valence-electron chi connectivity index (χ3n) is 1.63. The molecule has 1 nitrogen and oxygen atoms in total. The average Bonchev–Trinajstić information content (AvgIpc) is 2.18. The molecule has 5 heteroatoms. The first-order valence-electron chi connectivity index (χ1n) is 3.95. The topological polar surface area (TPSA) is 17.1 Å². The van der Waals surface area contributed by atoms with Crippen LogP contribution < -0.4 is 0 Å². The van der Waals surface area contributed by atoms with Crippen molar-refractivity contribution in [2.75, 3.05) is 0 Å². The molecule has 0 amide bonds. The molecule has 0 aliphatic heterocycles. The number of ketones is 1. The molecule has 15 heavy (non-hydrogen) atoms. The van der Waals surface area contributed by atoms with E-state index in [-0.39, 0.29) is 0 Å². The van der Waals surface area contributed by atoms with Crippen LogP contribution in [0.5, 0.6) is 0 Å². The fourth-order valence-electron chi connectivity index (χ4n) is 0.920. The molecule has 1 aromatic carbocycles. The van der Waals surface area contributed by atoms with Gasteiger partial charge in [0.15, 0.2) is 29.1 Å². The lowest BCUT2D eigenvalue weighted by Crippen LogP contribution is -1.98. The highest BCUT2D eigenvalue weighted by Gasteiger charge is 2.17. The van der Waals surface area contributed by atoms with Crippen molar-refractivity contribution in [3.63, 3.8) is 0 Å².